The third-order valence-electron chi connectivity index (χ3n) is 10.1. The first-order valence-corrected chi connectivity index (χ1v) is 15.0. The lowest BCUT2D eigenvalue weighted by atomic mass is 9.53. The molecule has 7 atom stereocenters. The van der Waals surface area contributed by atoms with Gasteiger partial charge in [0, 0.05) is 55.5 Å². The second-order valence-electron chi connectivity index (χ2n) is 13.2. The zero-order valence-electron chi connectivity index (χ0n) is 27.1. The lowest BCUT2D eigenvalue weighted by Crippen LogP contribution is -2.57. The Balaban J connectivity index is 1.96. The van der Waals surface area contributed by atoms with Gasteiger partial charge < -0.3 is 34.1 Å². The van der Waals surface area contributed by atoms with Crippen LogP contribution in [0, 0.1) is 22.7 Å². The molecule has 2 N–H and O–H groups in total. The molecule has 0 radical (unpaired) electrons. The van der Waals surface area contributed by atoms with Gasteiger partial charge in [-0.15, -0.1) is 0 Å². The number of cyclic esters (lactones) is 1. The molecule has 3 aliphatic carbocycles. The molecule has 0 aromatic heterocycles. The molecule has 4 rings (SSSR count). The van der Waals surface area contributed by atoms with Crippen molar-refractivity contribution in [3.8, 4) is 0 Å². The van der Waals surface area contributed by atoms with Gasteiger partial charge in [0.15, 0.2) is 5.76 Å². The second-order valence-corrected chi connectivity index (χ2v) is 13.2. The van der Waals surface area contributed by atoms with Crippen molar-refractivity contribution in [2.24, 2.45) is 22.7 Å². The fourth-order valence-corrected chi connectivity index (χ4v) is 7.83. The van der Waals surface area contributed by atoms with Crippen molar-refractivity contribution in [3.05, 3.63) is 45.9 Å². The van der Waals surface area contributed by atoms with Crippen LogP contribution in [0.15, 0.2) is 45.9 Å². The van der Waals surface area contributed by atoms with Crippen LogP contribution in [0.1, 0.15) is 60.8 Å². The Hall–Kier alpha value is -3.44. The Bertz CT molecular complexity index is 1370. The summed E-state index contributed by atoms with van der Waals surface area (Å²) >= 11 is 0. The van der Waals surface area contributed by atoms with Gasteiger partial charge in [-0.05, 0) is 50.5 Å². The highest BCUT2D eigenvalue weighted by Crippen LogP contribution is 2.63. The Labute approximate surface area is 258 Å². The quantitative estimate of drug-likeness (QED) is 0.235. The van der Waals surface area contributed by atoms with Crippen LogP contribution < -0.4 is 0 Å². The number of ketones is 1. The van der Waals surface area contributed by atoms with E-state index in [1.165, 1.54) is 27.3 Å². The van der Waals surface area contributed by atoms with Crippen LogP contribution in [0.2, 0.25) is 0 Å². The molecular weight excluding hydrogens is 570 g/mol. The van der Waals surface area contributed by atoms with Gasteiger partial charge in [-0.25, -0.2) is 9.59 Å². The first-order chi connectivity index (χ1) is 20.5. The molecule has 7 unspecified atom stereocenters. The number of nitrogens with zero attached hydrogens (tertiary/aromatic N) is 1. The van der Waals surface area contributed by atoms with Crippen molar-refractivity contribution < 1.29 is 48.3 Å². The van der Waals surface area contributed by atoms with Crippen LogP contribution in [-0.2, 0) is 38.1 Å². The summed E-state index contributed by atoms with van der Waals surface area (Å²) in [4.78, 5) is 54.2. The zero-order valence-corrected chi connectivity index (χ0v) is 27.1. The number of allylic oxidation sites excluding steroid dienone is 1. The lowest BCUT2D eigenvalue weighted by Gasteiger charge is -2.54. The van der Waals surface area contributed by atoms with Crippen molar-refractivity contribution in [1.82, 2.24) is 4.90 Å². The summed E-state index contributed by atoms with van der Waals surface area (Å²) in [5.74, 6) is -3.47. The predicted molar refractivity (Wildman–Crippen MR) is 159 cm³/mol. The standard InChI is InChI=1S/C33H45NO10/c1-16(2)21(12-17(3)30(39)42-9)34(7)14-19-26-29(38)28(37)25-20-10-11-23(36)32(20,5)13-22(43-18(4)35)27(25)33(26,6)24(15-41-8)44-31(19)40/h12,14,16,20-24,36,38H,10-11,13,15H2,1-9H3/b17-12+,19-14-. The zero-order chi connectivity index (χ0) is 32.9. The number of ether oxygens (including phenoxy) is 4. The number of carbonyl (C=O) groups excluding carboxylic acids is 4. The highest BCUT2D eigenvalue weighted by atomic mass is 16.6. The smallest absolute Gasteiger partial charge is 0.340 e. The molecule has 0 spiro atoms. The maximum Gasteiger partial charge on any atom is 0.340 e. The fraction of sp³-hybridized carbons (Fsp3) is 0.636. The van der Waals surface area contributed by atoms with E-state index in [1.807, 2.05) is 20.8 Å². The summed E-state index contributed by atoms with van der Waals surface area (Å²) < 4.78 is 22.2. The molecule has 1 aliphatic heterocycles. The maximum absolute atomic E-state index is 14.2. The molecule has 0 aromatic carbocycles. The number of aliphatic hydroxyl groups excluding tert-OH is 2. The van der Waals surface area contributed by atoms with E-state index in [4.69, 9.17) is 18.9 Å². The minimum Gasteiger partial charge on any atom is -0.504 e. The van der Waals surface area contributed by atoms with E-state index < -0.39 is 64.5 Å². The molecule has 4 aliphatic rings. The molecule has 0 bridgehead atoms. The number of Topliss-reactive ketones (excluding diaryl/α,β-unsaturated/α-hetero) is 1. The normalized spacial score (nSPS) is 33.5. The fourth-order valence-electron chi connectivity index (χ4n) is 7.83. The van der Waals surface area contributed by atoms with Crippen molar-refractivity contribution in [3.63, 3.8) is 0 Å². The number of aliphatic hydroxyl groups is 2. The Kier molecular flexibility index (Phi) is 9.24. The van der Waals surface area contributed by atoms with Gasteiger partial charge in [0.05, 0.1) is 30.8 Å². The summed E-state index contributed by atoms with van der Waals surface area (Å²) in [7, 11) is 4.48. The Morgan fingerprint density at radius 1 is 1.16 bits per heavy atom. The van der Waals surface area contributed by atoms with E-state index in [1.54, 1.807) is 31.9 Å². The van der Waals surface area contributed by atoms with Gasteiger partial charge in [0.2, 0.25) is 5.78 Å². The molecule has 1 saturated heterocycles. The summed E-state index contributed by atoms with van der Waals surface area (Å²) in [5, 5.41) is 22.8. The lowest BCUT2D eigenvalue weighted by molar-refractivity contribution is -0.161. The van der Waals surface area contributed by atoms with Crippen LogP contribution in [-0.4, -0.2) is 91.0 Å². The van der Waals surface area contributed by atoms with Gasteiger partial charge in [0.25, 0.3) is 0 Å². The monoisotopic (exact) mass is 615 g/mol. The first-order valence-electron chi connectivity index (χ1n) is 15.0. The van der Waals surface area contributed by atoms with Crippen molar-refractivity contribution >= 4 is 23.7 Å². The first kappa shape index (κ1) is 33.5. The van der Waals surface area contributed by atoms with Crippen LogP contribution >= 0.6 is 0 Å². The van der Waals surface area contributed by atoms with E-state index in [-0.39, 0.29) is 36.1 Å². The molecule has 1 saturated carbocycles. The van der Waals surface area contributed by atoms with Crippen molar-refractivity contribution in [1.29, 1.82) is 0 Å². The van der Waals surface area contributed by atoms with Crippen molar-refractivity contribution in [2.75, 3.05) is 27.9 Å². The molecule has 11 heteroatoms. The van der Waals surface area contributed by atoms with Gasteiger partial charge in [-0.1, -0.05) is 26.8 Å². The molecule has 0 aromatic rings. The summed E-state index contributed by atoms with van der Waals surface area (Å²) in [5.41, 5.74) is -0.897. The highest BCUT2D eigenvalue weighted by molar-refractivity contribution is 6.13. The average molecular weight is 616 g/mol. The topological polar surface area (TPSA) is 149 Å². The number of carbonyl (C=O) groups is 4. The number of rotatable bonds is 8. The SMILES string of the molecule is COCC1OC(=O)/C(=C\N(C)C(/C=C(\C)C(=O)OC)C(C)C)C2=C(O)C(=O)C3=C(C(OC(C)=O)CC4(C)C(O)CCC34)C21C. The number of hydrogen-bond donors (Lipinski definition) is 2. The number of esters is 3. The number of hydrogen-bond acceptors (Lipinski definition) is 11. The van der Waals surface area contributed by atoms with E-state index in [0.29, 0.717) is 29.6 Å². The Morgan fingerprint density at radius 2 is 1.82 bits per heavy atom. The third-order valence-corrected chi connectivity index (χ3v) is 10.1. The van der Waals surface area contributed by atoms with E-state index in [2.05, 4.69) is 0 Å². The van der Waals surface area contributed by atoms with Gasteiger partial charge >= 0.3 is 17.9 Å². The highest BCUT2D eigenvalue weighted by Gasteiger charge is 2.64. The van der Waals surface area contributed by atoms with Gasteiger partial charge in [0.1, 0.15) is 12.2 Å². The van der Waals surface area contributed by atoms with E-state index in [9.17, 15) is 29.4 Å². The predicted octanol–water partition coefficient (Wildman–Crippen LogP) is 3.33. The summed E-state index contributed by atoms with van der Waals surface area (Å²) in [6.45, 7) is 10.4. The van der Waals surface area contributed by atoms with Gasteiger partial charge in [-0.3, -0.25) is 9.59 Å². The second kappa shape index (κ2) is 12.2. The van der Waals surface area contributed by atoms with Crippen LogP contribution in [0.3, 0.4) is 0 Å². The number of likely N-dealkylation sites (N-methyl/N-ethyl adjacent to an activating group) is 1. The summed E-state index contributed by atoms with van der Waals surface area (Å²) in [6.07, 6.45) is 1.86. The number of fused-ring (bicyclic) bond motifs is 4. The minimum absolute atomic E-state index is 0.0215. The average Bonchev–Trinajstić information content (AvgIpc) is 3.24. The van der Waals surface area contributed by atoms with Crippen LogP contribution in [0.25, 0.3) is 0 Å². The Morgan fingerprint density at radius 3 is 2.39 bits per heavy atom. The molecule has 0 amide bonds. The van der Waals surface area contributed by atoms with E-state index >= 15 is 0 Å². The van der Waals surface area contributed by atoms with Crippen molar-refractivity contribution in [2.45, 2.75) is 85.2 Å². The third kappa shape index (κ3) is 5.27. The maximum atomic E-state index is 14.2. The summed E-state index contributed by atoms with van der Waals surface area (Å²) in [6, 6.07) is -0.377. The molecule has 1 heterocycles. The molecule has 2 fully saturated rings. The largest absolute Gasteiger partial charge is 0.504 e. The molecule has 44 heavy (non-hydrogen) atoms. The minimum atomic E-state index is -1.32. The molecular formula is C33H45NO10. The molecule has 242 valence electrons. The van der Waals surface area contributed by atoms with Crippen LogP contribution in [0.5, 0.6) is 0 Å². The molecule has 11 nitrogen and oxygen atoms in total. The van der Waals surface area contributed by atoms with Crippen LogP contribution in [0.4, 0.5) is 0 Å². The number of methoxy groups -OCH3 is 2. The van der Waals surface area contributed by atoms with Gasteiger partial charge in [-0.2, -0.15) is 0 Å². The van der Waals surface area contributed by atoms with E-state index in [0.717, 1.165) is 0 Å².